The number of hydrogen-bond donors (Lipinski definition) is 0. The molecule has 0 aliphatic carbocycles. The molecular formula is C19H20Br2FN3O4. The van der Waals surface area contributed by atoms with Crippen LogP contribution in [0.25, 0.3) is 0 Å². The lowest BCUT2D eigenvalue weighted by atomic mass is 9.91. The summed E-state index contributed by atoms with van der Waals surface area (Å²) in [6, 6.07) is 8.86. The molecule has 29 heavy (non-hydrogen) atoms. The lowest BCUT2D eigenvalue weighted by molar-refractivity contribution is -0.387. The van der Waals surface area contributed by atoms with Gasteiger partial charge in [0.2, 0.25) is 5.82 Å². The first-order chi connectivity index (χ1) is 13.6. The van der Waals surface area contributed by atoms with Gasteiger partial charge in [0.15, 0.2) is 0 Å². The Balaban J connectivity index is 0.000000234. The molecule has 1 fully saturated rings. The van der Waals surface area contributed by atoms with Crippen LogP contribution in [0.5, 0.6) is 0 Å². The number of nitro groups is 2. The van der Waals surface area contributed by atoms with E-state index in [0.29, 0.717) is 16.3 Å². The Morgan fingerprint density at radius 3 is 1.90 bits per heavy atom. The van der Waals surface area contributed by atoms with Gasteiger partial charge in [-0.1, -0.05) is 45.7 Å². The van der Waals surface area contributed by atoms with E-state index in [0.717, 1.165) is 35.4 Å². The van der Waals surface area contributed by atoms with Crippen molar-refractivity contribution < 1.29 is 14.2 Å². The summed E-state index contributed by atoms with van der Waals surface area (Å²) in [7, 11) is 0. The summed E-state index contributed by atoms with van der Waals surface area (Å²) in [5.74, 6) is 0.340. The average molecular weight is 533 g/mol. The zero-order valence-corrected chi connectivity index (χ0v) is 19.0. The molecule has 10 heteroatoms. The molecule has 0 radical (unpaired) electrons. The molecule has 2 unspecified atom stereocenters. The third-order valence-corrected chi connectivity index (χ3v) is 5.44. The van der Waals surface area contributed by atoms with Crippen LogP contribution in [0.15, 0.2) is 45.3 Å². The lowest BCUT2D eigenvalue weighted by Crippen LogP contribution is -2.39. The molecule has 7 nitrogen and oxygen atoms in total. The van der Waals surface area contributed by atoms with E-state index in [2.05, 4.69) is 50.6 Å². The van der Waals surface area contributed by atoms with Crippen molar-refractivity contribution in [3.8, 4) is 0 Å². The molecule has 1 aliphatic heterocycles. The fourth-order valence-corrected chi connectivity index (χ4v) is 4.09. The van der Waals surface area contributed by atoms with E-state index >= 15 is 0 Å². The van der Waals surface area contributed by atoms with Crippen molar-refractivity contribution >= 4 is 48.9 Å². The molecule has 3 rings (SSSR count). The van der Waals surface area contributed by atoms with Gasteiger partial charge >= 0.3 is 5.69 Å². The number of nitro benzene ring substituents is 2. The van der Waals surface area contributed by atoms with Crippen LogP contribution in [0.2, 0.25) is 0 Å². The van der Waals surface area contributed by atoms with Gasteiger partial charge in [0.05, 0.1) is 9.85 Å². The molecule has 0 aromatic heterocycles. The summed E-state index contributed by atoms with van der Waals surface area (Å²) in [6.45, 7) is 6.19. The van der Waals surface area contributed by atoms with Gasteiger partial charge in [0.25, 0.3) is 5.69 Å². The number of hydrogen-bond acceptors (Lipinski definition) is 5. The number of nitrogens with zero attached hydrogens (tertiary/aromatic N) is 3. The van der Waals surface area contributed by atoms with Crippen molar-refractivity contribution in [2.24, 2.45) is 11.8 Å². The zero-order chi connectivity index (χ0) is 21.7. The molecule has 0 amide bonds. The second kappa shape index (κ2) is 10.1. The maximum absolute atomic E-state index is 12.6. The largest absolute Gasteiger partial charge is 0.365 e. The van der Waals surface area contributed by atoms with Crippen LogP contribution in [-0.4, -0.2) is 22.9 Å². The Labute approximate surface area is 184 Å². The van der Waals surface area contributed by atoms with Crippen LogP contribution in [0.3, 0.4) is 0 Å². The zero-order valence-electron chi connectivity index (χ0n) is 15.8. The standard InChI is InChI=1S/C13H17BrN2O2.C6H3BrFNO2/c1-9-5-10(2)8-15(7-9)12-4-3-11(14)6-13(12)16(17)18;7-4-1-2-5(8)6(3-4)9(10)11/h3-4,6,9-10H,5,7-8H2,1-2H3;1-3H. The van der Waals surface area contributed by atoms with Gasteiger partial charge in [-0.3, -0.25) is 20.2 Å². The van der Waals surface area contributed by atoms with E-state index in [1.54, 1.807) is 6.07 Å². The first-order valence-corrected chi connectivity index (χ1v) is 10.5. The second-order valence-corrected chi connectivity index (χ2v) is 8.93. The summed E-state index contributed by atoms with van der Waals surface area (Å²) in [4.78, 5) is 22.3. The SMILES string of the molecule is CC1CC(C)CN(c2ccc(Br)cc2[N+](=O)[O-])C1.O=[N+]([O-])c1cc(Br)ccc1F. The Hall–Kier alpha value is -2.07. The Bertz CT molecular complexity index is 903. The molecule has 0 N–H and O–H groups in total. The maximum Gasteiger partial charge on any atom is 0.305 e. The van der Waals surface area contributed by atoms with Crippen LogP contribution < -0.4 is 4.90 Å². The average Bonchev–Trinajstić information content (AvgIpc) is 2.63. The molecule has 0 saturated carbocycles. The molecule has 0 spiro atoms. The fraction of sp³-hybridized carbons (Fsp3) is 0.368. The quantitative estimate of drug-likeness (QED) is 0.340. The van der Waals surface area contributed by atoms with Crippen LogP contribution >= 0.6 is 31.9 Å². The minimum Gasteiger partial charge on any atom is -0.365 e. The van der Waals surface area contributed by atoms with Crippen molar-refractivity contribution in [2.45, 2.75) is 20.3 Å². The van der Waals surface area contributed by atoms with Crippen molar-refractivity contribution in [1.29, 1.82) is 0 Å². The van der Waals surface area contributed by atoms with Gasteiger partial charge in [-0.15, -0.1) is 0 Å². The maximum atomic E-state index is 12.6. The highest BCUT2D eigenvalue weighted by Crippen LogP contribution is 2.34. The third kappa shape index (κ3) is 6.46. The molecule has 2 aromatic rings. The summed E-state index contributed by atoms with van der Waals surface area (Å²) >= 11 is 6.28. The lowest BCUT2D eigenvalue weighted by Gasteiger charge is -2.36. The van der Waals surface area contributed by atoms with E-state index in [-0.39, 0.29) is 10.6 Å². The van der Waals surface area contributed by atoms with Crippen molar-refractivity contribution in [1.82, 2.24) is 0 Å². The number of piperidine rings is 1. The summed E-state index contributed by atoms with van der Waals surface area (Å²) in [5, 5.41) is 21.3. The minimum absolute atomic E-state index is 0.186. The molecule has 0 bridgehead atoms. The molecule has 1 saturated heterocycles. The Kier molecular flexibility index (Phi) is 8.09. The minimum atomic E-state index is -0.821. The van der Waals surface area contributed by atoms with Crippen molar-refractivity contribution in [2.75, 3.05) is 18.0 Å². The molecule has 2 atom stereocenters. The first kappa shape index (κ1) is 23.2. The molecule has 1 aliphatic rings. The first-order valence-electron chi connectivity index (χ1n) is 8.86. The number of halogens is 3. The summed E-state index contributed by atoms with van der Waals surface area (Å²) in [6.07, 6.45) is 1.20. The van der Waals surface area contributed by atoms with E-state index in [4.69, 9.17) is 0 Å². The molecule has 1 heterocycles. The van der Waals surface area contributed by atoms with Gasteiger partial charge in [-0.2, -0.15) is 4.39 Å². The number of rotatable bonds is 3. The van der Waals surface area contributed by atoms with Crippen molar-refractivity contribution in [3.63, 3.8) is 0 Å². The summed E-state index contributed by atoms with van der Waals surface area (Å²) in [5.41, 5.74) is 0.409. The fourth-order valence-electron chi connectivity index (χ4n) is 3.40. The molecule has 156 valence electrons. The van der Waals surface area contributed by atoms with E-state index in [9.17, 15) is 24.6 Å². The van der Waals surface area contributed by atoms with Crippen molar-refractivity contribution in [3.05, 3.63) is 71.4 Å². The van der Waals surface area contributed by atoms with E-state index in [1.807, 2.05) is 12.1 Å². The monoisotopic (exact) mass is 531 g/mol. The van der Waals surface area contributed by atoms with Gasteiger partial charge in [-0.05, 0) is 42.5 Å². The van der Waals surface area contributed by atoms with E-state index < -0.39 is 16.4 Å². The molecular weight excluding hydrogens is 513 g/mol. The molecule has 2 aromatic carbocycles. The normalized spacial score (nSPS) is 18.6. The third-order valence-electron chi connectivity index (χ3n) is 4.45. The van der Waals surface area contributed by atoms with Crippen LogP contribution in [0.4, 0.5) is 21.5 Å². The predicted molar refractivity (Wildman–Crippen MR) is 117 cm³/mol. The van der Waals surface area contributed by atoms with E-state index in [1.165, 1.54) is 12.5 Å². The van der Waals surface area contributed by atoms with Gasteiger partial charge in [0, 0.05) is 34.2 Å². The predicted octanol–water partition coefficient (Wildman–Crippen LogP) is 6.34. The van der Waals surface area contributed by atoms with Crippen LogP contribution in [0.1, 0.15) is 20.3 Å². The van der Waals surface area contributed by atoms with Crippen LogP contribution in [0, 0.1) is 37.9 Å². The highest BCUT2D eigenvalue weighted by Gasteiger charge is 2.26. The van der Waals surface area contributed by atoms with Gasteiger partial charge < -0.3 is 4.90 Å². The highest BCUT2D eigenvalue weighted by molar-refractivity contribution is 9.10. The van der Waals surface area contributed by atoms with Gasteiger partial charge in [0.1, 0.15) is 5.69 Å². The topological polar surface area (TPSA) is 89.5 Å². The Morgan fingerprint density at radius 1 is 0.931 bits per heavy atom. The smallest absolute Gasteiger partial charge is 0.305 e. The van der Waals surface area contributed by atoms with Crippen LogP contribution in [-0.2, 0) is 0 Å². The van der Waals surface area contributed by atoms with Gasteiger partial charge in [-0.25, -0.2) is 0 Å². The highest BCUT2D eigenvalue weighted by atomic mass is 79.9. The summed E-state index contributed by atoms with van der Waals surface area (Å²) < 4.78 is 13.8. The Morgan fingerprint density at radius 2 is 1.41 bits per heavy atom. The number of benzene rings is 2. The number of anilines is 1. The second-order valence-electron chi connectivity index (χ2n) is 7.09.